The number of ether oxygens (including phenoxy) is 1. The van der Waals surface area contributed by atoms with Gasteiger partial charge in [0.05, 0.1) is 5.92 Å². The van der Waals surface area contributed by atoms with Crippen LogP contribution >= 0.6 is 0 Å². The first kappa shape index (κ1) is 19.7. The SMILES string of the molecule is CCCN(C(=O)C1CCCN(C(=O)COc2ccccc2)C1)C1CCNC1. The van der Waals surface area contributed by atoms with E-state index in [1.807, 2.05) is 30.3 Å². The molecule has 2 aliphatic rings. The van der Waals surface area contributed by atoms with Crippen LogP contribution in [0.2, 0.25) is 0 Å². The van der Waals surface area contributed by atoms with Gasteiger partial charge in [0.25, 0.3) is 5.91 Å². The van der Waals surface area contributed by atoms with Crippen molar-refractivity contribution in [2.75, 3.05) is 39.3 Å². The summed E-state index contributed by atoms with van der Waals surface area (Å²) in [6.07, 6.45) is 3.72. The summed E-state index contributed by atoms with van der Waals surface area (Å²) in [5.74, 6) is 0.776. The van der Waals surface area contributed by atoms with E-state index in [1.54, 1.807) is 4.90 Å². The standard InChI is InChI=1S/C21H31N3O3/c1-2-12-24(18-10-11-22-14-18)21(26)17-7-6-13-23(15-17)20(25)16-27-19-8-4-3-5-9-19/h3-5,8-9,17-18,22H,2,6-7,10-16H2,1H3. The maximum absolute atomic E-state index is 13.2. The lowest BCUT2D eigenvalue weighted by atomic mass is 9.95. The van der Waals surface area contributed by atoms with Crippen molar-refractivity contribution < 1.29 is 14.3 Å². The van der Waals surface area contributed by atoms with Crippen LogP contribution in [0.4, 0.5) is 0 Å². The Kier molecular flexibility index (Phi) is 7.10. The summed E-state index contributed by atoms with van der Waals surface area (Å²) < 4.78 is 5.59. The second kappa shape index (κ2) is 9.74. The molecule has 2 amide bonds. The molecule has 1 aromatic rings. The smallest absolute Gasteiger partial charge is 0.260 e. The van der Waals surface area contributed by atoms with E-state index in [9.17, 15) is 9.59 Å². The second-order valence-electron chi connectivity index (χ2n) is 7.46. The lowest BCUT2D eigenvalue weighted by Crippen LogP contribution is -2.51. The van der Waals surface area contributed by atoms with E-state index >= 15 is 0 Å². The molecule has 0 saturated carbocycles. The monoisotopic (exact) mass is 373 g/mol. The molecule has 2 atom stereocenters. The van der Waals surface area contributed by atoms with Crippen LogP contribution in [-0.2, 0) is 9.59 Å². The molecule has 27 heavy (non-hydrogen) atoms. The van der Waals surface area contributed by atoms with Crippen LogP contribution in [0.25, 0.3) is 0 Å². The predicted octanol–water partition coefficient (Wildman–Crippen LogP) is 1.90. The highest BCUT2D eigenvalue weighted by atomic mass is 16.5. The molecule has 1 N–H and O–H groups in total. The fourth-order valence-corrected chi connectivity index (χ4v) is 4.01. The van der Waals surface area contributed by atoms with Crippen molar-refractivity contribution in [3.05, 3.63) is 30.3 Å². The molecule has 2 fully saturated rings. The van der Waals surface area contributed by atoms with E-state index in [0.717, 1.165) is 45.3 Å². The molecule has 0 spiro atoms. The second-order valence-corrected chi connectivity index (χ2v) is 7.46. The minimum absolute atomic E-state index is 0.0240. The lowest BCUT2D eigenvalue weighted by molar-refractivity contribution is -0.143. The third-order valence-electron chi connectivity index (χ3n) is 5.45. The number of hydrogen-bond donors (Lipinski definition) is 1. The largest absolute Gasteiger partial charge is 0.484 e. The number of nitrogens with zero attached hydrogens (tertiary/aromatic N) is 2. The summed E-state index contributed by atoms with van der Waals surface area (Å²) in [7, 11) is 0. The number of carbonyl (C=O) groups excluding carboxylic acids is 2. The number of carbonyl (C=O) groups is 2. The molecule has 2 aliphatic heterocycles. The molecule has 2 saturated heterocycles. The average Bonchev–Trinajstić information content (AvgIpc) is 3.25. The Morgan fingerprint density at radius 3 is 2.78 bits per heavy atom. The molecule has 2 heterocycles. The van der Waals surface area contributed by atoms with Crippen molar-refractivity contribution in [2.45, 2.75) is 38.6 Å². The highest BCUT2D eigenvalue weighted by molar-refractivity contribution is 5.82. The van der Waals surface area contributed by atoms with Crippen LogP contribution in [-0.4, -0.2) is 67.0 Å². The van der Waals surface area contributed by atoms with E-state index in [2.05, 4.69) is 17.1 Å². The van der Waals surface area contributed by atoms with Crippen LogP contribution < -0.4 is 10.1 Å². The summed E-state index contributed by atoms with van der Waals surface area (Å²) in [6, 6.07) is 9.66. The molecule has 3 rings (SSSR count). The molecule has 0 aromatic heterocycles. The van der Waals surface area contributed by atoms with E-state index < -0.39 is 0 Å². The maximum atomic E-state index is 13.2. The topological polar surface area (TPSA) is 61.9 Å². The van der Waals surface area contributed by atoms with Crippen molar-refractivity contribution in [3.63, 3.8) is 0 Å². The Labute approximate surface area is 161 Å². The molecular formula is C21H31N3O3. The fourth-order valence-electron chi connectivity index (χ4n) is 4.01. The van der Waals surface area contributed by atoms with Crippen molar-refractivity contribution >= 4 is 11.8 Å². The quantitative estimate of drug-likeness (QED) is 0.793. The van der Waals surface area contributed by atoms with Crippen LogP contribution in [0.15, 0.2) is 30.3 Å². The van der Waals surface area contributed by atoms with Crippen LogP contribution in [0, 0.1) is 5.92 Å². The van der Waals surface area contributed by atoms with E-state index in [4.69, 9.17) is 4.74 Å². The Hall–Kier alpha value is -2.08. The summed E-state index contributed by atoms with van der Waals surface area (Å²) in [5.41, 5.74) is 0. The van der Waals surface area contributed by atoms with Gasteiger partial charge >= 0.3 is 0 Å². The third kappa shape index (κ3) is 5.22. The first-order chi connectivity index (χ1) is 13.2. The summed E-state index contributed by atoms with van der Waals surface area (Å²) in [5, 5.41) is 3.35. The molecule has 6 nitrogen and oxygen atoms in total. The molecule has 0 aliphatic carbocycles. The Morgan fingerprint density at radius 1 is 1.26 bits per heavy atom. The van der Waals surface area contributed by atoms with Crippen molar-refractivity contribution in [2.24, 2.45) is 5.92 Å². The number of para-hydroxylation sites is 1. The van der Waals surface area contributed by atoms with Crippen molar-refractivity contribution in [1.82, 2.24) is 15.1 Å². The number of piperidine rings is 1. The Balaban J connectivity index is 1.55. The van der Waals surface area contributed by atoms with Gasteiger partial charge < -0.3 is 19.9 Å². The molecule has 2 unspecified atom stereocenters. The summed E-state index contributed by atoms with van der Waals surface area (Å²) in [6.45, 7) is 6.01. The molecule has 0 radical (unpaired) electrons. The maximum Gasteiger partial charge on any atom is 0.260 e. The van der Waals surface area contributed by atoms with Crippen molar-refractivity contribution in [1.29, 1.82) is 0 Å². The Bertz CT molecular complexity index is 616. The van der Waals surface area contributed by atoms with Gasteiger partial charge in [-0.25, -0.2) is 0 Å². The molecule has 0 bridgehead atoms. The molecular weight excluding hydrogens is 342 g/mol. The van der Waals surface area contributed by atoms with Gasteiger partial charge in [0.1, 0.15) is 5.75 Å². The number of likely N-dealkylation sites (tertiary alicyclic amines) is 1. The number of nitrogens with one attached hydrogen (secondary N) is 1. The van der Waals surface area contributed by atoms with Gasteiger partial charge in [0.15, 0.2) is 6.61 Å². The molecule has 1 aromatic carbocycles. The van der Waals surface area contributed by atoms with Gasteiger partial charge in [-0.2, -0.15) is 0 Å². The van der Waals surface area contributed by atoms with Gasteiger partial charge in [0, 0.05) is 32.2 Å². The van der Waals surface area contributed by atoms with Gasteiger partial charge in [-0.15, -0.1) is 0 Å². The minimum Gasteiger partial charge on any atom is -0.484 e. The zero-order valence-corrected chi connectivity index (χ0v) is 16.2. The number of benzene rings is 1. The third-order valence-corrected chi connectivity index (χ3v) is 5.45. The molecule has 148 valence electrons. The predicted molar refractivity (Wildman–Crippen MR) is 105 cm³/mol. The number of hydrogen-bond acceptors (Lipinski definition) is 4. The normalized spacial score (nSPS) is 22.5. The lowest BCUT2D eigenvalue weighted by Gasteiger charge is -2.37. The van der Waals surface area contributed by atoms with Crippen LogP contribution in [0.1, 0.15) is 32.6 Å². The van der Waals surface area contributed by atoms with E-state index in [0.29, 0.717) is 24.9 Å². The van der Waals surface area contributed by atoms with Gasteiger partial charge in [-0.3, -0.25) is 9.59 Å². The molecule has 6 heteroatoms. The summed E-state index contributed by atoms with van der Waals surface area (Å²) >= 11 is 0. The van der Waals surface area contributed by atoms with Crippen LogP contribution in [0.5, 0.6) is 5.75 Å². The first-order valence-electron chi connectivity index (χ1n) is 10.2. The van der Waals surface area contributed by atoms with Crippen molar-refractivity contribution in [3.8, 4) is 5.75 Å². The average molecular weight is 373 g/mol. The van der Waals surface area contributed by atoms with Crippen LogP contribution in [0.3, 0.4) is 0 Å². The first-order valence-corrected chi connectivity index (χ1v) is 10.2. The number of rotatable bonds is 7. The van der Waals surface area contributed by atoms with Gasteiger partial charge in [-0.1, -0.05) is 25.1 Å². The minimum atomic E-state index is -0.0911. The summed E-state index contributed by atoms with van der Waals surface area (Å²) in [4.78, 5) is 29.6. The highest BCUT2D eigenvalue weighted by Crippen LogP contribution is 2.22. The zero-order valence-electron chi connectivity index (χ0n) is 16.2. The Morgan fingerprint density at radius 2 is 2.07 bits per heavy atom. The fraction of sp³-hybridized carbons (Fsp3) is 0.619. The zero-order chi connectivity index (χ0) is 19.1. The van der Waals surface area contributed by atoms with Gasteiger partial charge in [-0.05, 0) is 44.4 Å². The highest BCUT2D eigenvalue weighted by Gasteiger charge is 2.34. The van der Waals surface area contributed by atoms with E-state index in [1.165, 1.54) is 0 Å². The van der Waals surface area contributed by atoms with E-state index in [-0.39, 0.29) is 24.3 Å². The van der Waals surface area contributed by atoms with Gasteiger partial charge in [0.2, 0.25) is 5.91 Å². The number of amides is 2.